The quantitative estimate of drug-likeness (QED) is 0.371. The fourth-order valence-electron chi connectivity index (χ4n) is 2.22. The number of rotatable bonds is 6. The van der Waals surface area contributed by atoms with Crippen LogP contribution in [0.2, 0.25) is 0 Å². The van der Waals surface area contributed by atoms with Gasteiger partial charge in [-0.1, -0.05) is 42.5 Å². The normalized spacial score (nSPS) is 11.2. The number of aromatic nitrogens is 3. The molecule has 154 valence electrons. The maximum absolute atomic E-state index is 9.33. The topological polar surface area (TPSA) is 101 Å². The van der Waals surface area contributed by atoms with Crippen LogP contribution in [-0.2, 0) is 21.1 Å². The van der Waals surface area contributed by atoms with Gasteiger partial charge in [0.2, 0.25) is 6.33 Å². The summed E-state index contributed by atoms with van der Waals surface area (Å²) >= 11 is 0. The van der Waals surface area contributed by atoms with Crippen molar-refractivity contribution in [3.63, 3.8) is 0 Å². The Bertz CT molecular complexity index is 1020. The third kappa shape index (κ3) is 8.21. The Kier molecular flexibility index (Phi) is 8.01. The highest BCUT2D eigenvalue weighted by Crippen LogP contribution is 2.10. The van der Waals surface area contributed by atoms with Gasteiger partial charge in [-0.2, -0.15) is 8.42 Å². The Morgan fingerprint density at radius 2 is 1.79 bits per heavy atom. The summed E-state index contributed by atoms with van der Waals surface area (Å²) in [4.78, 5) is 2.07. The molecule has 0 spiro atoms. The van der Waals surface area contributed by atoms with Gasteiger partial charge >= 0.3 is 10.4 Å². The molecule has 0 bridgehead atoms. The fraction of sp³-hybridized carbons (Fsp3) is 0.211. The first-order chi connectivity index (χ1) is 13.8. The smallest absolute Gasteiger partial charge is 0.378 e. The van der Waals surface area contributed by atoms with Gasteiger partial charge in [0, 0.05) is 24.9 Å². The Hall–Kier alpha value is -3.08. The summed E-state index contributed by atoms with van der Waals surface area (Å²) < 4.78 is 33.3. The van der Waals surface area contributed by atoms with Crippen molar-refractivity contribution in [2.75, 3.05) is 26.1 Å². The zero-order valence-corrected chi connectivity index (χ0v) is 17.3. The molecule has 1 aromatic heterocycles. The highest BCUT2D eigenvalue weighted by Gasteiger charge is 2.05. The Morgan fingerprint density at radius 1 is 1.17 bits per heavy atom. The summed E-state index contributed by atoms with van der Waals surface area (Å²) in [7, 11) is 0.764. The van der Waals surface area contributed by atoms with E-state index < -0.39 is 10.4 Å². The zero-order valence-electron chi connectivity index (χ0n) is 16.5. The van der Waals surface area contributed by atoms with Gasteiger partial charge in [0.15, 0.2) is 0 Å². The molecule has 3 rings (SSSR count). The largest absolute Gasteiger partial charge is 0.397 e. The maximum Gasteiger partial charge on any atom is 0.397 e. The second-order valence-corrected chi connectivity index (χ2v) is 7.32. The average molecular weight is 418 g/mol. The van der Waals surface area contributed by atoms with E-state index in [0.717, 1.165) is 19.2 Å². The van der Waals surface area contributed by atoms with Gasteiger partial charge in [0.1, 0.15) is 6.54 Å². The third-order valence-corrected chi connectivity index (χ3v) is 4.14. The van der Waals surface area contributed by atoms with Gasteiger partial charge in [0.25, 0.3) is 6.33 Å². The summed E-state index contributed by atoms with van der Waals surface area (Å²) in [6.07, 6.45) is 5.40. The standard InChI is InChI=1S/C18H20N5.CH4O4S/c1-21(2)18-10-8-16(9-11-18)12-19-23-14-20-22(15-23)13-17-6-4-3-5-7-17;1-5-6(2,3)4/h3-12,14-15H,13H2,1-2H3;1H3,(H,2,3,4)/q+1;/b19-12-;. The highest BCUT2D eigenvalue weighted by molar-refractivity contribution is 7.80. The van der Waals surface area contributed by atoms with Gasteiger partial charge in [0.05, 0.1) is 13.3 Å². The lowest BCUT2D eigenvalue weighted by Gasteiger charge is -2.11. The van der Waals surface area contributed by atoms with E-state index in [1.165, 1.54) is 11.3 Å². The van der Waals surface area contributed by atoms with Gasteiger partial charge in [-0.05, 0) is 23.3 Å². The lowest BCUT2D eigenvalue weighted by atomic mass is 10.2. The van der Waals surface area contributed by atoms with Gasteiger partial charge < -0.3 is 4.90 Å². The van der Waals surface area contributed by atoms with Gasteiger partial charge in [-0.25, -0.2) is 0 Å². The first kappa shape index (κ1) is 22.2. The number of nitrogens with zero attached hydrogens (tertiary/aromatic N) is 5. The molecule has 0 aliphatic rings. The van der Waals surface area contributed by atoms with Crippen molar-refractivity contribution in [3.8, 4) is 0 Å². The van der Waals surface area contributed by atoms with Crippen LogP contribution < -0.4 is 9.58 Å². The Balaban J connectivity index is 0.000000438. The highest BCUT2D eigenvalue weighted by atomic mass is 32.3. The summed E-state index contributed by atoms with van der Waals surface area (Å²) in [5.41, 5.74) is 3.44. The van der Waals surface area contributed by atoms with Crippen molar-refractivity contribution in [1.29, 1.82) is 0 Å². The minimum absolute atomic E-state index is 0.737. The number of hydrogen-bond acceptors (Lipinski definition) is 6. The van der Waals surface area contributed by atoms with E-state index in [0.29, 0.717) is 0 Å². The molecule has 9 nitrogen and oxygen atoms in total. The third-order valence-electron chi connectivity index (χ3n) is 3.72. The maximum atomic E-state index is 9.33. The second-order valence-electron chi connectivity index (χ2n) is 6.13. The Labute approximate surface area is 170 Å². The van der Waals surface area contributed by atoms with Crippen molar-refractivity contribution < 1.29 is 21.8 Å². The van der Waals surface area contributed by atoms with E-state index in [1.807, 2.05) is 61.7 Å². The average Bonchev–Trinajstić information content (AvgIpc) is 3.15. The predicted octanol–water partition coefficient (Wildman–Crippen LogP) is 1.60. The van der Waals surface area contributed by atoms with E-state index in [-0.39, 0.29) is 0 Å². The lowest BCUT2D eigenvalue weighted by Crippen LogP contribution is -2.24. The van der Waals surface area contributed by atoms with E-state index in [9.17, 15) is 8.42 Å². The monoisotopic (exact) mass is 418 g/mol. The SMILES string of the molecule is CN(C)c1ccc(/C=N\[n+]2cnn(Cc3ccccc3)c2)cc1.COS(=O)(=O)O. The summed E-state index contributed by atoms with van der Waals surface area (Å²) in [6, 6.07) is 18.5. The second kappa shape index (κ2) is 10.5. The number of hydrogen-bond donors (Lipinski definition) is 1. The Morgan fingerprint density at radius 3 is 2.34 bits per heavy atom. The van der Waals surface area contributed by atoms with E-state index >= 15 is 0 Å². The van der Waals surface area contributed by atoms with Crippen LogP contribution in [0.1, 0.15) is 11.1 Å². The summed E-state index contributed by atoms with van der Waals surface area (Å²) in [5, 5.41) is 8.73. The minimum atomic E-state index is -4.16. The first-order valence-electron chi connectivity index (χ1n) is 8.59. The molecule has 29 heavy (non-hydrogen) atoms. The molecule has 0 fully saturated rings. The number of benzene rings is 2. The zero-order chi connectivity index (χ0) is 21.3. The molecule has 0 saturated carbocycles. The van der Waals surface area contributed by atoms with Gasteiger partial charge in [-0.15, -0.1) is 14.5 Å². The van der Waals surface area contributed by atoms with Crippen LogP contribution in [0.4, 0.5) is 5.69 Å². The molecule has 0 amide bonds. The van der Waals surface area contributed by atoms with E-state index in [4.69, 9.17) is 4.55 Å². The van der Waals surface area contributed by atoms with Crippen molar-refractivity contribution in [2.24, 2.45) is 5.10 Å². The van der Waals surface area contributed by atoms with E-state index in [1.54, 1.807) is 11.0 Å². The molecule has 2 aromatic carbocycles. The minimum Gasteiger partial charge on any atom is -0.378 e. The van der Waals surface area contributed by atoms with Crippen LogP contribution >= 0.6 is 0 Å². The van der Waals surface area contributed by atoms with Gasteiger partial charge in [-0.3, -0.25) is 8.74 Å². The molecule has 0 saturated heterocycles. The lowest BCUT2D eigenvalue weighted by molar-refractivity contribution is -0.679. The molecular formula is C19H24N5O4S+. The van der Waals surface area contributed by atoms with Crippen LogP contribution in [0.3, 0.4) is 0 Å². The summed E-state index contributed by atoms with van der Waals surface area (Å²) in [5.74, 6) is 0. The molecule has 0 unspecified atom stereocenters. The fourth-order valence-corrected chi connectivity index (χ4v) is 2.22. The van der Waals surface area contributed by atoms with Crippen LogP contribution in [0.25, 0.3) is 0 Å². The molecule has 1 N–H and O–H groups in total. The predicted molar refractivity (Wildman–Crippen MR) is 110 cm³/mol. The number of anilines is 1. The van der Waals surface area contributed by atoms with Crippen molar-refractivity contribution in [2.45, 2.75) is 6.54 Å². The molecule has 0 radical (unpaired) electrons. The molecule has 0 aliphatic heterocycles. The molecule has 10 heteroatoms. The molecule has 0 aliphatic carbocycles. The van der Waals surface area contributed by atoms with Crippen LogP contribution in [-0.4, -0.2) is 50.2 Å². The van der Waals surface area contributed by atoms with Crippen molar-refractivity contribution in [1.82, 2.24) is 9.78 Å². The first-order valence-corrected chi connectivity index (χ1v) is 9.96. The summed E-state index contributed by atoms with van der Waals surface area (Å²) in [6.45, 7) is 0.737. The van der Waals surface area contributed by atoms with Crippen molar-refractivity contribution in [3.05, 3.63) is 78.4 Å². The molecule has 3 aromatic rings. The van der Waals surface area contributed by atoms with Crippen molar-refractivity contribution >= 4 is 22.3 Å². The van der Waals surface area contributed by atoms with Crippen LogP contribution in [0, 0.1) is 0 Å². The van der Waals surface area contributed by atoms with E-state index in [2.05, 4.69) is 43.5 Å². The molecule has 0 atom stereocenters. The molecular weight excluding hydrogens is 394 g/mol. The van der Waals surface area contributed by atoms with Crippen LogP contribution in [0.15, 0.2) is 72.4 Å². The molecule has 1 heterocycles. The van der Waals surface area contributed by atoms with Crippen LogP contribution in [0.5, 0.6) is 0 Å².